The average molecular weight is 664 g/mol. The monoisotopic (exact) mass is 663 g/mol. The highest BCUT2D eigenvalue weighted by Crippen LogP contribution is 2.30. The zero-order valence-electron chi connectivity index (χ0n) is 26.2. The zero-order valence-corrected chi connectivity index (χ0v) is 27.8. The Kier molecular flexibility index (Phi) is 12.0. The predicted molar refractivity (Wildman–Crippen MR) is 181 cm³/mol. The van der Waals surface area contributed by atoms with Gasteiger partial charge in [0.2, 0.25) is 11.8 Å². The van der Waals surface area contributed by atoms with Gasteiger partial charge in [-0.05, 0) is 79.4 Å². The van der Waals surface area contributed by atoms with Gasteiger partial charge in [0, 0.05) is 24.5 Å². The Bertz CT molecular complexity index is 1730. The standard InChI is InChI=1S/C36H39ClFN3O4S/c1-4-5-21-39-36(43)34(23-28-9-7-6-8-10-28)40(24-29-13-16-31(38)17-14-29)35(42)25-41(33-20-15-30(37)22-27(33)3)46(44,45)32-18-11-26(2)12-19-32/h6-20,22,34H,4-5,21,23-25H2,1-3H3,(H,39,43)/t34-/m0/s1. The second kappa shape index (κ2) is 15.9. The van der Waals surface area contributed by atoms with E-state index in [9.17, 15) is 22.4 Å². The molecule has 0 unspecified atom stereocenters. The lowest BCUT2D eigenvalue weighted by Crippen LogP contribution is -2.53. The van der Waals surface area contributed by atoms with Crippen LogP contribution in [0.3, 0.4) is 0 Å². The van der Waals surface area contributed by atoms with Crippen molar-refractivity contribution >= 4 is 39.1 Å². The SMILES string of the molecule is CCCCNC(=O)[C@H](Cc1ccccc1)N(Cc1ccc(F)cc1)C(=O)CN(c1ccc(Cl)cc1C)S(=O)(=O)c1ccc(C)cc1. The summed E-state index contributed by atoms with van der Waals surface area (Å²) in [5.41, 5.74) is 3.14. The summed E-state index contributed by atoms with van der Waals surface area (Å²) >= 11 is 6.22. The molecule has 0 fully saturated rings. The fourth-order valence-electron chi connectivity index (χ4n) is 5.10. The van der Waals surface area contributed by atoms with Gasteiger partial charge in [-0.25, -0.2) is 12.8 Å². The van der Waals surface area contributed by atoms with Crippen LogP contribution in [0.25, 0.3) is 0 Å². The number of sulfonamides is 1. The molecule has 0 heterocycles. The molecule has 0 saturated carbocycles. The van der Waals surface area contributed by atoms with Crippen LogP contribution in [0.1, 0.15) is 42.0 Å². The molecule has 10 heteroatoms. The number of benzene rings is 4. The molecule has 2 amide bonds. The van der Waals surface area contributed by atoms with Crippen LogP contribution in [-0.2, 0) is 32.6 Å². The topological polar surface area (TPSA) is 86.8 Å². The Labute approximate surface area is 276 Å². The van der Waals surface area contributed by atoms with Gasteiger partial charge in [0.15, 0.2) is 0 Å². The van der Waals surface area contributed by atoms with E-state index in [1.807, 2.05) is 44.2 Å². The minimum atomic E-state index is -4.24. The molecular formula is C36H39ClFN3O4S. The first-order valence-electron chi connectivity index (χ1n) is 15.2. The molecule has 0 radical (unpaired) electrons. The van der Waals surface area contributed by atoms with Crippen molar-refractivity contribution in [3.05, 3.63) is 130 Å². The van der Waals surface area contributed by atoms with Crippen molar-refractivity contribution in [3.63, 3.8) is 0 Å². The van der Waals surface area contributed by atoms with Gasteiger partial charge in [0.05, 0.1) is 10.6 Å². The third-order valence-electron chi connectivity index (χ3n) is 7.68. The summed E-state index contributed by atoms with van der Waals surface area (Å²) < 4.78 is 43.3. The molecule has 0 spiro atoms. The maximum absolute atomic E-state index is 14.5. The summed E-state index contributed by atoms with van der Waals surface area (Å²) in [6.07, 6.45) is 1.82. The quantitative estimate of drug-likeness (QED) is 0.150. The van der Waals surface area contributed by atoms with Crippen molar-refractivity contribution in [2.75, 3.05) is 17.4 Å². The van der Waals surface area contributed by atoms with Crippen molar-refractivity contribution < 1.29 is 22.4 Å². The van der Waals surface area contributed by atoms with E-state index in [-0.39, 0.29) is 29.5 Å². The van der Waals surface area contributed by atoms with Crippen molar-refractivity contribution in [3.8, 4) is 0 Å². The molecule has 46 heavy (non-hydrogen) atoms. The van der Waals surface area contributed by atoms with Crippen LogP contribution in [0.15, 0.2) is 102 Å². The second-order valence-electron chi connectivity index (χ2n) is 11.3. The highest BCUT2D eigenvalue weighted by atomic mass is 35.5. The first-order valence-corrected chi connectivity index (χ1v) is 17.0. The number of aryl methyl sites for hydroxylation is 2. The van der Waals surface area contributed by atoms with Crippen LogP contribution in [0.4, 0.5) is 10.1 Å². The van der Waals surface area contributed by atoms with E-state index in [4.69, 9.17) is 11.6 Å². The van der Waals surface area contributed by atoms with Crippen LogP contribution in [-0.4, -0.2) is 44.3 Å². The molecule has 0 saturated heterocycles. The lowest BCUT2D eigenvalue weighted by Gasteiger charge is -2.34. The molecule has 0 bridgehead atoms. The largest absolute Gasteiger partial charge is 0.354 e. The molecule has 4 aromatic carbocycles. The van der Waals surface area contributed by atoms with Crippen LogP contribution in [0.2, 0.25) is 5.02 Å². The number of carbonyl (C=O) groups is 2. The van der Waals surface area contributed by atoms with E-state index in [0.29, 0.717) is 22.7 Å². The number of unbranched alkanes of at least 4 members (excludes halogenated alkanes) is 1. The van der Waals surface area contributed by atoms with E-state index in [0.717, 1.165) is 28.3 Å². The summed E-state index contributed by atoms with van der Waals surface area (Å²) in [5.74, 6) is -1.39. The van der Waals surface area contributed by atoms with E-state index >= 15 is 0 Å². The molecule has 4 aromatic rings. The molecule has 0 aliphatic rings. The Hall–Kier alpha value is -4.21. The van der Waals surface area contributed by atoms with Gasteiger partial charge in [-0.2, -0.15) is 0 Å². The van der Waals surface area contributed by atoms with Crippen molar-refractivity contribution in [2.45, 2.75) is 57.5 Å². The maximum Gasteiger partial charge on any atom is 0.264 e. The number of rotatable bonds is 14. The maximum atomic E-state index is 14.5. The van der Waals surface area contributed by atoms with Crippen LogP contribution in [0.5, 0.6) is 0 Å². The van der Waals surface area contributed by atoms with E-state index in [1.165, 1.54) is 29.2 Å². The lowest BCUT2D eigenvalue weighted by molar-refractivity contribution is -0.140. The smallest absolute Gasteiger partial charge is 0.264 e. The number of carbonyl (C=O) groups excluding carboxylic acids is 2. The van der Waals surface area contributed by atoms with E-state index in [2.05, 4.69) is 5.32 Å². The number of halogens is 2. The highest BCUT2D eigenvalue weighted by Gasteiger charge is 2.35. The van der Waals surface area contributed by atoms with Crippen molar-refractivity contribution in [2.24, 2.45) is 0 Å². The number of anilines is 1. The van der Waals surface area contributed by atoms with Crippen molar-refractivity contribution in [1.29, 1.82) is 0 Å². The minimum absolute atomic E-state index is 0.0171. The van der Waals surface area contributed by atoms with E-state index in [1.54, 1.807) is 49.4 Å². The summed E-state index contributed by atoms with van der Waals surface area (Å²) in [4.78, 5) is 29.7. The molecule has 4 rings (SSSR count). The molecule has 0 aliphatic carbocycles. The molecule has 0 aliphatic heterocycles. The zero-order chi connectivity index (χ0) is 33.3. The third-order valence-corrected chi connectivity index (χ3v) is 9.69. The fraction of sp³-hybridized carbons (Fsp3) is 0.278. The summed E-state index contributed by atoms with van der Waals surface area (Å²) in [7, 11) is -4.24. The summed E-state index contributed by atoms with van der Waals surface area (Å²) in [5, 5.41) is 3.38. The molecule has 242 valence electrons. The number of amides is 2. The van der Waals surface area contributed by atoms with Crippen LogP contribution < -0.4 is 9.62 Å². The van der Waals surface area contributed by atoms with Gasteiger partial charge in [0.1, 0.15) is 18.4 Å². The predicted octanol–water partition coefficient (Wildman–Crippen LogP) is 6.85. The fourth-order valence-corrected chi connectivity index (χ4v) is 6.80. The first-order chi connectivity index (χ1) is 22.0. The summed E-state index contributed by atoms with van der Waals surface area (Å²) in [6.45, 7) is 5.38. The van der Waals surface area contributed by atoms with Gasteiger partial charge >= 0.3 is 0 Å². The van der Waals surface area contributed by atoms with E-state index < -0.39 is 34.3 Å². The normalized spacial score (nSPS) is 11.9. The number of hydrogen-bond donors (Lipinski definition) is 1. The number of hydrogen-bond acceptors (Lipinski definition) is 4. The highest BCUT2D eigenvalue weighted by molar-refractivity contribution is 7.92. The first kappa shape index (κ1) is 34.7. The van der Waals surface area contributed by atoms with Crippen molar-refractivity contribution in [1.82, 2.24) is 10.2 Å². The van der Waals surface area contributed by atoms with Crippen LogP contribution in [0, 0.1) is 19.7 Å². The number of nitrogens with zero attached hydrogens (tertiary/aromatic N) is 2. The molecule has 1 N–H and O–H groups in total. The Balaban J connectivity index is 1.81. The molecule has 7 nitrogen and oxygen atoms in total. The van der Waals surface area contributed by atoms with Gasteiger partial charge in [-0.15, -0.1) is 0 Å². The summed E-state index contributed by atoms with van der Waals surface area (Å²) in [6, 6.07) is 25.2. The van der Waals surface area contributed by atoms with Gasteiger partial charge in [-0.1, -0.05) is 85.1 Å². The average Bonchev–Trinajstić information content (AvgIpc) is 3.03. The van der Waals surface area contributed by atoms with Crippen LogP contribution >= 0.6 is 11.6 Å². The molecule has 0 aromatic heterocycles. The Morgan fingerprint density at radius 1 is 0.891 bits per heavy atom. The minimum Gasteiger partial charge on any atom is -0.354 e. The van der Waals surface area contributed by atoms with Gasteiger partial charge in [0.25, 0.3) is 10.0 Å². The molecule has 1 atom stereocenters. The van der Waals surface area contributed by atoms with Gasteiger partial charge in [-0.3, -0.25) is 13.9 Å². The second-order valence-corrected chi connectivity index (χ2v) is 13.6. The Morgan fingerprint density at radius 2 is 1.57 bits per heavy atom. The Morgan fingerprint density at radius 3 is 2.20 bits per heavy atom. The number of nitrogens with one attached hydrogen (secondary N) is 1. The third kappa shape index (κ3) is 8.95. The lowest BCUT2D eigenvalue weighted by atomic mass is 10.0. The van der Waals surface area contributed by atoms with Gasteiger partial charge < -0.3 is 10.2 Å². The molecular weight excluding hydrogens is 625 g/mol.